The van der Waals surface area contributed by atoms with Crippen molar-refractivity contribution in [3.05, 3.63) is 0 Å². The Morgan fingerprint density at radius 3 is 2.68 bits per heavy atom. The van der Waals surface area contributed by atoms with Crippen molar-refractivity contribution in [1.29, 1.82) is 0 Å². The van der Waals surface area contributed by atoms with Crippen LogP contribution in [0.5, 0.6) is 0 Å². The molecule has 2 amide bonds. The minimum Gasteiger partial charge on any atom is -0.481 e. The Morgan fingerprint density at radius 2 is 2.11 bits per heavy atom. The van der Waals surface area contributed by atoms with E-state index in [2.05, 4.69) is 12.2 Å². The second-order valence-electron chi connectivity index (χ2n) is 6.10. The van der Waals surface area contributed by atoms with Crippen LogP contribution in [0.2, 0.25) is 0 Å². The summed E-state index contributed by atoms with van der Waals surface area (Å²) in [7, 11) is 0. The number of nitrogens with zero attached hydrogens (tertiary/aromatic N) is 1. The molecule has 1 unspecified atom stereocenters. The molecule has 1 aliphatic rings. The van der Waals surface area contributed by atoms with Gasteiger partial charge in [0.25, 0.3) is 0 Å². The number of rotatable bonds is 6. The minimum atomic E-state index is -0.757. The molecule has 5 nitrogen and oxygen atoms in total. The van der Waals surface area contributed by atoms with Crippen LogP contribution in [0.4, 0.5) is 4.79 Å². The van der Waals surface area contributed by atoms with Crippen LogP contribution < -0.4 is 5.32 Å². The number of carbonyl (C=O) groups excluding carboxylic acids is 1. The van der Waals surface area contributed by atoms with Crippen LogP contribution in [-0.4, -0.2) is 40.6 Å². The van der Waals surface area contributed by atoms with Gasteiger partial charge in [-0.1, -0.05) is 13.3 Å². The maximum absolute atomic E-state index is 12.1. The van der Waals surface area contributed by atoms with Gasteiger partial charge in [0.15, 0.2) is 0 Å². The Hall–Kier alpha value is -1.26. The lowest BCUT2D eigenvalue weighted by Gasteiger charge is -2.29. The Morgan fingerprint density at radius 1 is 1.42 bits per heavy atom. The van der Waals surface area contributed by atoms with Crippen LogP contribution in [-0.2, 0) is 4.79 Å². The lowest BCUT2D eigenvalue weighted by atomic mass is 9.99. The first kappa shape index (κ1) is 15.8. The summed E-state index contributed by atoms with van der Waals surface area (Å²) in [6, 6.07) is -0.0173. The molecule has 1 atom stereocenters. The van der Waals surface area contributed by atoms with Gasteiger partial charge in [0.05, 0.1) is 0 Å². The van der Waals surface area contributed by atoms with Gasteiger partial charge in [-0.2, -0.15) is 0 Å². The van der Waals surface area contributed by atoms with E-state index in [0.29, 0.717) is 18.9 Å². The summed E-state index contributed by atoms with van der Waals surface area (Å²) in [6.45, 7) is 7.59. The number of carboxylic acids is 1. The summed E-state index contributed by atoms with van der Waals surface area (Å²) in [6.07, 6.45) is 3.76. The van der Waals surface area contributed by atoms with E-state index in [1.54, 1.807) is 0 Å². The van der Waals surface area contributed by atoms with Gasteiger partial charge in [0.1, 0.15) is 0 Å². The van der Waals surface area contributed by atoms with Crippen molar-refractivity contribution in [2.24, 2.45) is 5.92 Å². The number of nitrogens with one attached hydrogen (secondary N) is 1. The first-order valence-electron chi connectivity index (χ1n) is 7.13. The molecule has 0 bridgehead atoms. The molecule has 0 radical (unpaired) electrons. The van der Waals surface area contributed by atoms with E-state index in [0.717, 1.165) is 25.8 Å². The summed E-state index contributed by atoms with van der Waals surface area (Å²) in [5.41, 5.74) is -0.176. The predicted molar refractivity (Wildman–Crippen MR) is 74.1 cm³/mol. The zero-order valence-electron chi connectivity index (χ0n) is 12.2. The Kier molecular flexibility index (Phi) is 5.63. The van der Waals surface area contributed by atoms with Crippen LogP contribution in [0, 0.1) is 5.92 Å². The van der Waals surface area contributed by atoms with E-state index < -0.39 is 5.97 Å². The van der Waals surface area contributed by atoms with Gasteiger partial charge in [-0.05, 0) is 39.0 Å². The van der Waals surface area contributed by atoms with Crippen LogP contribution in [0.25, 0.3) is 0 Å². The Balaban J connectivity index is 2.37. The molecule has 0 aromatic rings. The van der Waals surface area contributed by atoms with Crippen LogP contribution >= 0.6 is 0 Å². The van der Waals surface area contributed by atoms with Crippen molar-refractivity contribution < 1.29 is 14.7 Å². The van der Waals surface area contributed by atoms with Crippen molar-refractivity contribution in [2.75, 3.05) is 13.1 Å². The number of hydrogen-bond donors (Lipinski definition) is 2. The van der Waals surface area contributed by atoms with Gasteiger partial charge in [0, 0.05) is 25.0 Å². The predicted octanol–water partition coefficient (Wildman–Crippen LogP) is 2.46. The Labute approximate surface area is 115 Å². The molecule has 0 spiro atoms. The van der Waals surface area contributed by atoms with Gasteiger partial charge in [-0.25, -0.2) is 4.79 Å². The monoisotopic (exact) mass is 270 g/mol. The number of carboxylic acid groups (broad SMARTS) is 1. The summed E-state index contributed by atoms with van der Waals surface area (Å²) >= 11 is 0. The van der Waals surface area contributed by atoms with Gasteiger partial charge in [-0.15, -0.1) is 0 Å². The van der Waals surface area contributed by atoms with Crippen molar-refractivity contribution in [1.82, 2.24) is 10.2 Å². The number of carbonyl (C=O) groups is 2. The SMILES string of the molecule is CCCC(C)(C)NC(=O)N1CCC(CCC(=O)O)C1. The van der Waals surface area contributed by atoms with Gasteiger partial charge < -0.3 is 15.3 Å². The van der Waals surface area contributed by atoms with Crippen LogP contribution in [0.1, 0.15) is 52.9 Å². The molecule has 1 heterocycles. The molecular formula is C14H26N2O3. The highest BCUT2D eigenvalue weighted by molar-refractivity contribution is 5.75. The minimum absolute atomic E-state index is 0.0173. The second kappa shape index (κ2) is 6.78. The van der Waals surface area contributed by atoms with E-state index in [1.165, 1.54) is 0 Å². The van der Waals surface area contributed by atoms with E-state index in [-0.39, 0.29) is 18.0 Å². The maximum Gasteiger partial charge on any atom is 0.317 e. The molecule has 0 saturated carbocycles. The average molecular weight is 270 g/mol. The fraction of sp³-hybridized carbons (Fsp3) is 0.857. The molecule has 0 aromatic carbocycles. The van der Waals surface area contributed by atoms with E-state index in [1.807, 2.05) is 18.7 Å². The van der Waals surface area contributed by atoms with E-state index >= 15 is 0 Å². The van der Waals surface area contributed by atoms with Gasteiger partial charge >= 0.3 is 12.0 Å². The highest BCUT2D eigenvalue weighted by atomic mass is 16.4. The molecule has 19 heavy (non-hydrogen) atoms. The zero-order valence-corrected chi connectivity index (χ0v) is 12.2. The lowest BCUT2D eigenvalue weighted by Crippen LogP contribution is -2.49. The number of aliphatic carboxylic acids is 1. The fourth-order valence-corrected chi connectivity index (χ4v) is 2.64. The zero-order chi connectivity index (χ0) is 14.5. The number of urea groups is 1. The summed E-state index contributed by atoms with van der Waals surface area (Å²) < 4.78 is 0. The van der Waals surface area contributed by atoms with Crippen LogP contribution in [0.3, 0.4) is 0 Å². The van der Waals surface area contributed by atoms with E-state index in [9.17, 15) is 9.59 Å². The third-order valence-corrected chi connectivity index (χ3v) is 3.66. The number of hydrogen-bond acceptors (Lipinski definition) is 2. The second-order valence-corrected chi connectivity index (χ2v) is 6.10. The van der Waals surface area contributed by atoms with Crippen molar-refractivity contribution in [3.63, 3.8) is 0 Å². The molecule has 1 rings (SSSR count). The first-order chi connectivity index (χ1) is 8.84. The largest absolute Gasteiger partial charge is 0.481 e. The lowest BCUT2D eigenvalue weighted by molar-refractivity contribution is -0.137. The van der Waals surface area contributed by atoms with Crippen molar-refractivity contribution >= 4 is 12.0 Å². The average Bonchev–Trinajstić information content (AvgIpc) is 2.74. The Bertz CT molecular complexity index is 329. The third-order valence-electron chi connectivity index (χ3n) is 3.66. The topological polar surface area (TPSA) is 69.6 Å². The molecule has 110 valence electrons. The molecule has 2 N–H and O–H groups in total. The molecule has 0 aromatic heterocycles. The maximum atomic E-state index is 12.1. The van der Waals surface area contributed by atoms with Crippen molar-refractivity contribution in [3.8, 4) is 0 Å². The third kappa shape index (κ3) is 5.49. The van der Waals surface area contributed by atoms with E-state index in [4.69, 9.17) is 5.11 Å². The molecule has 1 saturated heterocycles. The fourth-order valence-electron chi connectivity index (χ4n) is 2.64. The molecule has 5 heteroatoms. The van der Waals surface area contributed by atoms with Gasteiger partial charge in [-0.3, -0.25) is 4.79 Å². The first-order valence-corrected chi connectivity index (χ1v) is 7.13. The van der Waals surface area contributed by atoms with Crippen LogP contribution in [0.15, 0.2) is 0 Å². The molecule has 0 aliphatic carbocycles. The molecule has 1 aliphatic heterocycles. The quantitative estimate of drug-likeness (QED) is 0.779. The number of likely N-dealkylation sites (tertiary alicyclic amines) is 1. The smallest absolute Gasteiger partial charge is 0.317 e. The highest BCUT2D eigenvalue weighted by Gasteiger charge is 2.29. The number of amides is 2. The van der Waals surface area contributed by atoms with Gasteiger partial charge in [0.2, 0.25) is 0 Å². The summed E-state index contributed by atoms with van der Waals surface area (Å²) in [5.74, 6) is -0.428. The summed E-state index contributed by atoms with van der Waals surface area (Å²) in [4.78, 5) is 24.5. The standard InChI is InChI=1S/C14H26N2O3/c1-4-8-14(2,3)15-13(19)16-9-7-11(10-16)5-6-12(17)18/h11H,4-10H2,1-3H3,(H,15,19)(H,17,18). The molecular weight excluding hydrogens is 244 g/mol. The van der Waals surface area contributed by atoms with Crippen molar-refractivity contribution in [2.45, 2.75) is 58.4 Å². The normalized spacial score (nSPS) is 19.5. The highest BCUT2D eigenvalue weighted by Crippen LogP contribution is 2.22. The summed E-state index contributed by atoms with van der Waals surface area (Å²) in [5, 5.41) is 11.7. The molecule has 1 fully saturated rings.